The van der Waals surface area contributed by atoms with Crippen LogP contribution in [0.4, 0.5) is 0 Å². The number of pyridine rings is 2. The van der Waals surface area contributed by atoms with Gasteiger partial charge in [0.15, 0.2) is 0 Å². The van der Waals surface area contributed by atoms with Gasteiger partial charge >= 0.3 is 37.7 Å². The number of aromatic carboxylic acids is 2. The second-order valence-corrected chi connectivity index (χ2v) is 9.65. The maximum absolute atomic E-state index is 10.9. The molecule has 6 rings (SSSR count). The number of carbonyl (C=O) groups is 2. The molecule has 2 aliphatic rings. The number of fused-ring (bicyclic) bond motifs is 2. The molecule has 14 nitrogen and oxygen atoms in total. The zero-order valence-corrected chi connectivity index (χ0v) is 25.1. The van der Waals surface area contributed by atoms with Crippen LogP contribution in [0, 0.1) is 0 Å². The van der Waals surface area contributed by atoms with Crippen LogP contribution in [-0.2, 0) is 9.47 Å². The minimum atomic E-state index is -1.25. The summed E-state index contributed by atoms with van der Waals surface area (Å²) in [6.45, 7) is 9.62. The van der Waals surface area contributed by atoms with E-state index in [-0.39, 0.29) is 49.1 Å². The molecule has 0 aromatic carbocycles. The molecular weight excluding hydrogens is 562 g/mol. The van der Waals surface area contributed by atoms with Gasteiger partial charge in [-0.15, -0.1) is 0 Å². The smallest absolute Gasteiger partial charge is 0.543 e. The van der Waals surface area contributed by atoms with E-state index < -0.39 is 11.9 Å². The van der Waals surface area contributed by atoms with Crippen molar-refractivity contribution >= 4 is 23.2 Å². The molecule has 16 heteroatoms. The molecule has 2 saturated heterocycles. The first-order chi connectivity index (χ1) is 20.5. The molecule has 4 aromatic heterocycles. The van der Waals surface area contributed by atoms with Gasteiger partial charge < -0.3 is 38.7 Å². The maximum Gasteiger partial charge on any atom is 1.00 e. The first-order valence-corrected chi connectivity index (χ1v) is 13.7. The zero-order valence-electron chi connectivity index (χ0n) is 25.1. The van der Waals surface area contributed by atoms with Gasteiger partial charge in [-0.1, -0.05) is 0 Å². The third-order valence-electron chi connectivity index (χ3n) is 6.95. The van der Waals surface area contributed by atoms with E-state index in [1.807, 2.05) is 0 Å². The van der Waals surface area contributed by atoms with E-state index in [4.69, 9.17) is 18.9 Å². The average molecular weight is 594 g/mol. The van der Waals surface area contributed by atoms with Crippen LogP contribution in [0.15, 0.2) is 49.1 Å². The van der Waals surface area contributed by atoms with Crippen molar-refractivity contribution in [2.75, 3.05) is 78.9 Å². The van der Waals surface area contributed by atoms with Crippen LogP contribution in [0.2, 0.25) is 0 Å². The Labute approximate surface area is 278 Å². The molecule has 0 N–H and O–H groups in total. The summed E-state index contributed by atoms with van der Waals surface area (Å²) in [5.74, 6) is -1.15. The van der Waals surface area contributed by atoms with Crippen molar-refractivity contribution in [1.82, 2.24) is 28.6 Å². The minimum absolute atomic E-state index is 0. The Morgan fingerprint density at radius 3 is 1.45 bits per heavy atom. The van der Waals surface area contributed by atoms with Crippen LogP contribution >= 0.6 is 0 Å². The Morgan fingerprint density at radius 1 is 0.705 bits per heavy atom. The molecule has 0 radical (unpaired) electrons. The quantitative estimate of drug-likeness (QED) is 0.160. The summed E-state index contributed by atoms with van der Waals surface area (Å²) in [6.07, 6.45) is 5.80. The molecule has 44 heavy (non-hydrogen) atoms. The number of carboxylic acid groups (broad SMARTS) is 2. The number of hydrogen-bond acceptors (Lipinski definition) is 12. The second-order valence-electron chi connectivity index (χ2n) is 9.65. The first-order valence-electron chi connectivity index (χ1n) is 13.7. The molecule has 4 aromatic rings. The van der Waals surface area contributed by atoms with Crippen molar-refractivity contribution in [1.29, 1.82) is 0 Å². The predicted molar refractivity (Wildman–Crippen MR) is 145 cm³/mol. The summed E-state index contributed by atoms with van der Waals surface area (Å²) in [7, 11) is 0. The third-order valence-corrected chi connectivity index (χ3v) is 6.95. The molecule has 0 atom stereocenters. The van der Waals surface area contributed by atoms with Crippen LogP contribution in [0.5, 0.6) is 11.5 Å². The molecule has 2 fully saturated rings. The Morgan fingerprint density at radius 2 is 1.09 bits per heavy atom. The zero-order chi connectivity index (χ0) is 29.3. The third kappa shape index (κ3) is 9.48. The van der Waals surface area contributed by atoms with Crippen molar-refractivity contribution in [3.05, 3.63) is 60.4 Å². The van der Waals surface area contributed by atoms with Gasteiger partial charge in [-0.25, -0.2) is 9.97 Å². The van der Waals surface area contributed by atoms with Crippen LogP contribution < -0.4 is 57.4 Å². The van der Waals surface area contributed by atoms with E-state index in [9.17, 15) is 19.8 Å². The molecule has 0 aliphatic carbocycles. The van der Waals surface area contributed by atoms with E-state index in [1.165, 1.54) is 21.2 Å². The van der Waals surface area contributed by atoms with Crippen LogP contribution in [-0.4, -0.2) is 119 Å². The molecule has 0 unspecified atom stereocenters. The SMILES string of the molecule is O=C([O-])c1cnc2cc(OCCN3CCOCC3)ccn12.O=C([O-])c1cnc2cc(OCCN3CCOCC3)ccn12.[Li+].[Li+]. The Hall–Kier alpha value is -3.05. The van der Waals surface area contributed by atoms with Gasteiger partial charge in [-0.3, -0.25) is 18.6 Å². The number of morpholine rings is 2. The molecule has 0 amide bonds. The van der Waals surface area contributed by atoms with Crippen molar-refractivity contribution in [2.24, 2.45) is 0 Å². The second kappa shape index (κ2) is 17.4. The normalized spacial score (nSPS) is 15.5. The summed E-state index contributed by atoms with van der Waals surface area (Å²) < 4.78 is 24.9. The van der Waals surface area contributed by atoms with Gasteiger partial charge in [-0.2, -0.15) is 0 Å². The molecule has 0 spiro atoms. The van der Waals surface area contributed by atoms with Crippen LogP contribution in [0.1, 0.15) is 21.0 Å². The van der Waals surface area contributed by atoms with Gasteiger partial charge in [0.1, 0.15) is 36.0 Å². The molecule has 0 bridgehead atoms. The number of rotatable bonds is 10. The topological polar surface area (TPSA) is 158 Å². The Balaban J connectivity index is 0.000000230. The fourth-order valence-corrected chi connectivity index (χ4v) is 4.64. The van der Waals surface area contributed by atoms with E-state index in [2.05, 4.69) is 19.8 Å². The van der Waals surface area contributed by atoms with E-state index in [0.29, 0.717) is 36.0 Å². The van der Waals surface area contributed by atoms with Gasteiger partial charge in [0.2, 0.25) is 0 Å². The monoisotopic (exact) mass is 594 g/mol. The standard InChI is InChI=1S/2C14H17N3O4.2Li/c2*18-14(19)12-10-15-13-9-11(1-2-17(12)13)21-8-5-16-3-6-20-7-4-16;;/h2*1-2,9-10H,3-8H2,(H,18,19);;/q;;2*+1/p-2. The molecule has 6 heterocycles. The van der Waals surface area contributed by atoms with Crippen LogP contribution in [0.25, 0.3) is 11.3 Å². The van der Waals surface area contributed by atoms with Crippen molar-refractivity contribution < 1.29 is 76.5 Å². The largest absolute Gasteiger partial charge is 1.00 e. The maximum atomic E-state index is 10.9. The number of nitrogens with zero attached hydrogens (tertiary/aromatic N) is 6. The van der Waals surface area contributed by atoms with Crippen molar-refractivity contribution in [2.45, 2.75) is 0 Å². The van der Waals surface area contributed by atoms with E-state index in [0.717, 1.165) is 65.7 Å². The molecule has 224 valence electrons. The molecular formula is C28H32Li2N6O8. The fourth-order valence-electron chi connectivity index (χ4n) is 4.64. The van der Waals surface area contributed by atoms with Gasteiger partial charge in [-0.05, 0) is 12.1 Å². The van der Waals surface area contributed by atoms with E-state index >= 15 is 0 Å². The van der Waals surface area contributed by atoms with Crippen LogP contribution in [0.3, 0.4) is 0 Å². The summed E-state index contributed by atoms with van der Waals surface area (Å²) in [6, 6.07) is 6.87. The fraction of sp³-hybridized carbons (Fsp3) is 0.429. The van der Waals surface area contributed by atoms with Gasteiger partial charge in [0.05, 0.1) is 62.1 Å². The van der Waals surface area contributed by atoms with Gasteiger partial charge in [0, 0.05) is 63.8 Å². The van der Waals surface area contributed by atoms with E-state index in [1.54, 1.807) is 36.7 Å². The number of carboxylic acids is 2. The summed E-state index contributed by atoms with van der Waals surface area (Å²) in [4.78, 5) is 34.4. The predicted octanol–water partition coefficient (Wildman–Crippen LogP) is -7.17. The first kappa shape index (κ1) is 35.4. The number of imidazole rings is 2. The minimum Gasteiger partial charge on any atom is -0.543 e. The number of carbonyl (C=O) groups excluding carboxylic acids is 2. The Bertz CT molecular complexity index is 1390. The summed E-state index contributed by atoms with van der Waals surface area (Å²) >= 11 is 0. The summed E-state index contributed by atoms with van der Waals surface area (Å²) in [5, 5.41) is 21.8. The Kier molecular flexibility index (Phi) is 14.0. The van der Waals surface area contributed by atoms with Gasteiger partial charge in [0.25, 0.3) is 0 Å². The number of hydrogen-bond donors (Lipinski definition) is 0. The number of aromatic nitrogens is 4. The van der Waals surface area contributed by atoms with Crippen molar-refractivity contribution in [3.63, 3.8) is 0 Å². The average Bonchev–Trinajstić information content (AvgIpc) is 3.63. The molecule has 2 aliphatic heterocycles. The molecule has 0 saturated carbocycles. The van der Waals surface area contributed by atoms with Crippen molar-refractivity contribution in [3.8, 4) is 11.5 Å². The summed E-state index contributed by atoms with van der Waals surface area (Å²) in [5.41, 5.74) is 1.12. The number of ether oxygens (including phenoxy) is 4.